The maximum absolute atomic E-state index is 12.5. The summed E-state index contributed by atoms with van der Waals surface area (Å²) in [6, 6.07) is 5.18. The van der Waals surface area contributed by atoms with Gasteiger partial charge in [-0.15, -0.1) is 11.3 Å². The van der Waals surface area contributed by atoms with Gasteiger partial charge in [0.15, 0.2) is 12.6 Å². The molecule has 0 radical (unpaired) electrons. The van der Waals surface area contributed by atoms with Gasteiger partial charge in [0.1, 0.15) is 5.75 Å². The molecule has 2 aromatic rings. The van der Waals surface area contributed by atoms with Crippen molar-refractivity contribution in [1.82, 2.24) is 15.6 Å². The second-order valence-corrected chi connectivity index (χ2v) is 7.52. The molecule has 0 unspecified atom stereocenters. The Labute approximate surface area is 167 Å². The summed E-state index contributed by atoms with van der Waals surface area (Å²) in [5, 5.41) is 9.33. The molecule has 5 nitrogen and oxygen atoms in total. The highest BCUT2D eigenvalue weighted by Gasteiger charge is 2.28. The van der Waals surface area contributed by atoms with Crippen molar-refractivity contribution in [1.29, 1.82) is 0 Å². The molecule has 0 aliphatic rings. The molecular weight excluding hydrogens is 389 g/mol. The lowest BCUT2D eigenvalue weighted by molar-refractivity contribution is -0.153. The van der Waals surface area contributed by atoms with E-state index in [1.807, 2.05) is 11.4 Å². The van der Waals surface area contributed by atoms with Crippen LogP contribution in [0.25, 0.3) is 0 Å². The number of guanidine groups is 1. The predicted molar refractivity (Wildman–Crippen MR) is 106 cm³/mol. The summed E-state index contributed by atoms with van der Waals surface area (Å²) in [4.78, 5) is 8.69. The second kappa shape index (κ2) is 9.77. The fourth-order valence-electron chi connectivity index (χ4n) is 2.34. The first-order valence-electron chi connectivity index (χ1n) is 8.86. The van der Waals surface area contributed by atoms with Crippen LogP contribution in [0.2, 0.25) is 0 Å². The van der Waals surface area contributed by atoms with Crippen LogP contribution in [0.15, 0.2) is 28.6 Å². The van der Waals surface area contributed by atoms with Crippen LogP contribution in [0, 0.1) is 6.92 Å². The van der Waals surface area contributed by atoms with Gasteiger partial charge in [0.05, 0.1) is 17.2 Å². The van der Waals surface area contributed by atoms with Gasteiger partial charge < -0.3 is 15.4 Å². The van der Waals surface area contributed by atoms with Crippen LogP contribution in [0.1, 0.15) is 41.6 Å². The second-order valence-electron chi connectivity index (χ2n) is 6.63. The van der Waals surface area contributed by atoms with Crippen molar-refractivity contribution in [2.75, 3.05) is 13.7 Å². The molecule has 1 aromatic carbocycles. The zero-order valence-electron chi connectivity index (χ0n) is 16.4. The zero-order valence-corrected chi connectivity index (χ0v) is 17.2. The summed E-state index contributed by atoms with van der Waals surface area (Å²) >= 11 is 1.62. The maximum atomic E-state index is 12.5. The van der Waals surface area contributed by atoms with Gasteiger partial charge in [0, 0.05) is 30.5 Å². The number of benzene rings is 1. The number of aryl methyl sites for hydroxylation is 1. The standard InChI is InChI=1S/C19H25F3N4OS/c1-12(2)17-26-15(10-28-17)9-25-18(23-4)24-8-14-6-5-13(3)7-16(14)27-11-19(20,21)22/h5-7,10,12H,8-9,11H2,1-4H3,(H2,23,24,25). The number of nitrogens with zero attached hydrogens (tertiary/aromatic N) is 2. The Hall–Kier alpha value is -2.29. The summed E-state index contributed by atoms with van der Waals surface area (Å²) < 4.78 is 42.4. The van der Waals surface area contributed by atoms with E-state index in [4.69, 9.17) is 4.74 Å². The lowest BCUT2D eigenvalue weighted by Crippen LogP contribution is -2.36. The molecule has 0 fully saturated rings. The first kappa shape index (κ1) is 22.0. The van der Waals surface area contributed by atoms with Crippen molar-refractivity contribution in [3.8, 4) is 5.75 Å². The van der Waals surface area contributed by atoms with E-state index in [-0.39, 0.29) is 12.3 Å². The molecule has 0 aliphatic carbocycles. The third-order valence-corrected chi connectivity index (χ3v) is 4.98. The Balaban J connectivity index is 1.95. The summed E-state index contributed by atoms with van der Waals surface area (Å²) in [5.41, 5.74) is 2.36. The molecule has 0 spiro atoms. The van der Waals surface area contributed by atoms with E-state index < -0.39 is 12.8 Å². The molecule has 28 heavy (non-hydrogen) atoms. The molecule has 0 aliphatic heterocycles. The number of hydrogen-bond acceptors (Lipinski definition) is 4. The summed E-state index contributed by atoms with van der Waals surface area (Å²) in [7, 11) is 1.63. The van der Waals surface area contributed by atoms with Gasteiger partial charge in [-0.25, -0.2) is 4.98 Å². The van der Waals surface area contributed by atoms with E-state index in [9.17, 15) is 13.2 Å². The van der Waals surface area contributed by atoms with Crippen molar-refractivity contribution in [2.24, 2.45) is 4.99 Å². The number of aliphatic imine (C=N–C) groups is 1. The van der Waals surface area contributed by atoms with Gasteiger partial charge in [-0.1, -0.05) is 26.0 Å². The highest BCUT2D eigenvalue weighted by molar-refractivity contribution is 7.09. The largest absolute Gasteiger partial charge is 0.484 e. The highest BCUT2D eigenvalue weighted by atomic mass is 32.1. The predicted octanol–water partition coefficient (Wildman–Crippen LogP) is 4.38. The molecule has 0 saturated carbocycles. The third kappa shape index (κ3) is 7.03. The lowest BCUT2D eigenvalue weighted by atomic mass is 10.1. The van der Waals surface area contributed by atoms with E-state index in [0.717, 1.165) is 16.3 Å². The average Bonchev–Trinajstić information content (AvgIpc) is 3.10. The van der Waals surface area contributed by atoms with Gasteiger partial charge >= 0.3 is 6.18 Å². The molecule has 1 heterocycles. The van der Waals surface area contributed by atoms with Crippen LogP contribution in [0.3, 0.4) is 0 Å². The van der Waals surface area contributed by atoms with Gasteiger partial charge in [-0.05, 0) is 18.6 Å². The molecule has 9 heteroatoms. The van der Waals surface area contributed by atoms with Crippen molar-refractivity contribution in [2.45, 2.75) is 46.0 Å². The first-order valence-corrected chi connectivity index (χ1v) is 9.74. The monoisotopic (exact) mass is 414 g/mol. The Morgan fingerprint density at radius 2 is 1.96 bits per heavy atom. The van der Waals surface area contributed by atoms with E-state index >= 15 is 0 Å². The molecule has 1 aromatic heterocycles. The molecule has 154 valence electrons. The number of thiazole rings is 1. The van der Waals surface area contributed by atoms with Gasteiger partial charge in [-0.2, -0.15) is 13.2 Å². The van der Waals surface area contributed by atoms with E-state index in [1.165, 1.54) is 0 Å². The van der Waals surface area contributed by atoms with Crippen molar-refractivity contribution in [3.05, 3.63) is 45.4 Å². The third-order valence-electron chi connectivity index (χ3n) is 3.78. The first-order chi connectivity index (χ1) is 13.2. The normalized spacial score (nSPS) is 12.4. The minimum Gasteiger partial charge on any atom is -0.484 e. The number of halogens is 3. The summed E-state index contributed by atoms with van der Waals surface area (Å²) in [6.45, 7) is 5.46. The van der Waals surface area contributed by atoms with Crippen LogP contribution in [0.5, 0.6) is 5.75 Å². The molecular formula is C19H25F3N4OS. The van der Waals surface area contributed by atoms with Crippen molar-refractivity contribution >= 4 is 17.3 Å². The summed E-state index contributed by atoms with van der Waals surface area (Å²) in [6.07, 6.45) is -4.38. The van der Waals surface area contributed by atoms with Gasteiger partial charge in [-0.3, -0.25) is 4.99 Å². The average molecular weight is 414 g/mol. The van der Waals surface area contributed by atoms with E-state index in [2.05, 4.69) is 34.5 Å². The van der Waals surface area contributed by atoms with Crippen molar-refractivity contribution < 1.29 is 17.9 Å². The van der Waals surface area contributed by atoms with Crippen molar-refractivity contribution in [3.63, 3.8) is 0 Å². The quantitative estimate of drug-likeness (QED) is 0.521. The Kier molecular flexibility index (Phi) is 7.68. The molecule has 0 amide bonds. The topological polar surface area (TPSA) is 58.5 Å². The number of alkyl halides is 3. The fraction of sp³-hybridized carbons (Fsp3) is 0.474. The van der Waals surface area contributed by atoms with Crippen LogP contribution in [-0.2, 0) is 13.1 Å². The van der Waals surface area contributed by atoms with E-state index in [1.54, 1.807) is 37.4 Å². The molecule has 0 saturated heterocycles. The molecule has 2 rings (SSSR count). The number of nitrogens with one attached hydrogen (secondary N) is 2. The Morgan fingerprint density at radius 1 is 1.25 bits per heavy atom. The fourth-order valence-corrected chi connectivity index (χ4v) is 3.18. The molecule has 0 atom stereocenters. The zero-order chi connectivity index (χ0) is 20.7. The Bertz CT molecular complexity index is 803. The SMILES string of the molecule is CN=C(NCc1csc(C(C)C)n1)NCc1ccc(C)cc1OCC(F)(F)F. The van der Waals surface area contributed by atoms with Crippen LogP contribution < -0.4 is 15.4 Å². The van der Waals surface area contributed by atoms with Gasteiger partial charge in [0.25, 0.3) is 0 Å². The Morgan fingerprint density at radius 3 is 2.57 bits per heavy atom. The number of rotatable bonds is 7. The number of ether oxygens (including phenoxy) is 1. The van der Waals surface area contributed by atoms with E-state index in [0.29, 0.717) is 24.0 Å². The van der Waals surface area contributed by atoms with Crippen LogP contribution >= 0.6 is 11.3 Å². The number of hydrogen-bond donors (Lipinski definition) is 2. The minimum absolute atomic E-state index is 0.210. The lowest BCUT2D eigenvalue weighted by Gasteiger charge is -2.16. The minimum atomic E-state index is -4.38. The molecule has 0 bridgehead atoms. The van der Waals surface area contributed by atoms with Crippen LogP contribution in [-0.4, -0.2) is 30.8 Å². The maximum Gasteiger partial charge on any atom is 0.422 e. The van der Waals surface area contributed by atoms with Gasteiger partial charge in [0.2, 0.25) is 0 Å². The highest BCUT2D eigenvalue weighted by Crippen LogP contribution is 2.24. The number of aromatic nitrogens is 1. The summed E-state index contributed by atoms with van der Waals surface area (Å²) in [5.74, 6) is 1.12. The molecule has 2 N–H and O–H groups in total. The van der Waals surface area contributed by atoms with Crippen LogP contribution in [0.4, 0.5) is 13.2 Å². The smallest absolute Gasteiger partial charge is 0.422 e.